The third-order valence-corrected chi connectivity index (χ3v) is 5.16. The van der Waals surface area contributed by atoms with Gasteiger partial charge in [-0.3, -0.25) is 5.32 Å². The number of amides is 1. The van der Waals surface area contributed by atoms with Crippen molar-refractivity contribution in [3.05, 3.63) is 83.9 Å². The van der Waals surface area contributed by atoms with Gasteiger partial charge in [0.2, 0.25) is 0 Å². The van der Waals surface area contributed by atoms with E-state index in [0.717, 1.165) is 11.3 Å². The van der Waals surface area contributed by atoms with Gasteiger partial charge in [0, 0.05) is 5.69 Å². The monoisotopic (exact) mass is 426 g/mol. The van der Waals surface area contributed by atoms with Crippen LogP contribution in [0.25, 0.3) is 10.2 Å². The summed E-state index contributed by atoms with van der Waals surface area (Å²) in [5, 5.41) is 2.78. The first-order chi connectivity index (χ1) is 14.5. The topological polar surface area (TPSA) is 60.5 Å². The Balaban J connectivity index is 1.48. The third-order valence-electron chi connectivity index (χ3n) is 4.26. The molecule has 4 rings (SSSR count). The van der Waals surface area contributed by atoms with Crippen molar-refractivity contribution in [3.63, 3.8) is 0 Å². The summed E-state index contributed by atoms with van der Waals surface area (Å²) < 4.78 is 39.6. The number of para-hydroxylation sites is 1. The van der Waals surface area contributed by atoms with Gasteiger partial charge in [-0.1, -0.05) is 35.6 Å². The van der Waals surface area contributed by atoms with Crippen molar-refractivity contribution in [1.82, 2.24) is 4.98 Å². The van der Waals surface area contributed by atoms with Crippen molar-refractivity contribution in [2.45, 2.75) is 13.0 Å². The van der Waals surface area contributed by atoms with Crippen LogP contribution in [0.4, 0.5) is 19.3 Å². The van der Waals surface area contributed by atoms with Crippen molar-refractivity contribution < 1.29 is 23.0 Å². The van der Waals surface area contributed by atoms with Crippen LogP contribution < -0.4 is 14.8 Å². The highest BCUT2D eigenvalue weighted by Gasteiger charge is 2.18. The molecule has 0 bridgehead atoms. The highest BCUT2D eigenvalue weighted by Crippen LogP contribution is 2.33. The summed E-state index contributed by atoms with van der Waals surface area (Å²) in [5.74, 6) is -0.912. The number of fused-ring (bicyclic) bond motifs is 1. The fraction of sp³-hybridized carbons (Fsp3) is 0.0909. The van der Waals surface area contributed by atoms with E-state index in [2.05, 4.69) is 10.3 Å². The van der Waals surface area contributed by atoms with Gasteiger partial charge in [0.25, 0.3) is 5.19 Å². The molecule has 0 saturated heterocycles. The average Bonchev–Trinajstić information content (AvgIpc) is 3.09. The van der Waals surface area contributed by atoms with Gasteiger partial charge in [0.15, 0.2) is 0 Å². The molecule has 1 aromatic heterocycles. The Kier molecular flexibility index (Phi) is 5.58. The number of nitrogens with zero attached hydrogens (tertiary/aromatic N) is 1. The quantitative estimate of drug-likeness (QED) is 0.405. The summed E-state index contributed by atoms with van der Waals surface area (Å²) >= 11 is 1.16. The number of anilines is 1. The maximum absolute atomic E-state index is 14.0. The lowest BCUT2D eigenvalue weighted by Crippen LogP contribution is -2.16. The van der Waals surface area contributed by atoms with E-state index in [9.17, 15) is 13.6 Å². The molecule has 3 aromatic carbocycles. The second-order valence-electron chi connectivity index (χ2n) is 6.39. The van der Waals surface area contributed by atoms with Gasteiger partial charge in [0.1, 0.15) is 23.5 Å². The summed E-state index contributed by atoms with van der Waals surface area (Å²) in [6.07, 6.45) is -1.48. The first-order valence-corrected chi connectivity index (χ1v) is 9.86. The summed E-state index contributed by atoms with van der Waals surface area (Å²) in [4.78, 5) is 16.3. The molecule has 4 aromatic rings. The van der Waals surface area contributed by atoms with Gasteiger partial charge < -0.3 is 9.47 Å². The first kappa shape index (κ1) is 19.8. The molecule has 5 nitrogen and oxygen atoms in total. The predicted octanol–water partition coefficient (Wildman–Crippen LogP) is 6.33. The molecular formula is C22H16F2N2O3S. The number of rotatable bonds is 5. The summed E-state index contributed by atoms with van der Waals surface area (Å²) in [5.41, 5.74) is 1.08. The minimum Gasteiger partial charge on any atom is -0.486 e. The van der Waals surface area contributed by atoms with Crippen LogP contribution in [0.1, 0.15) is 18.6 Å². The molecular weight excluding hydrogens is 410 g/mol. The Hall–Kier alpha value is -3.52. The van der Waals surface area contributed by atoms with E-state index in [4.69, 9.17) is 9.47 Å². The molecule has 0 aliphatic heterocycles. The van der Waals surface area contributed by atoms with Crippen molar-refractivity contribution in [3.8, 4) is 10.9 Å². The largest absolute Gasteiger partial charge is 0.486 e. The molecule has 1 heterocycles. The van der Waals surface area contributed by atoms with Crippen LogP contribution in [-0.4, -0.2) is 11.1 Å². The van der Waals surface area contributed by atoms with Crippen molar-refractivity contribution in [1.29, 1.82) is 0 Å². The van der Waals surface area contributed by atoms with Crippen LogP contribution in [0, 0.1) is 11.6 Å². The standard InChI is InChI=1S/C22H16F2N2O3S/c1-13(20-16(23)8-5-9-17(20)24)28-15-10-11-18-19(12-15)30-22(26-18)29-21(27)25-14-6-3-2-4-7-14/h2-13H,1H3,(H,25,27). The van der Waals surface area contributed by atoms with E-state index < -0.39 is 23.8 Å². The fourth-order valence-electron chi connectivity index (χ4n) is 2.91. The van der Waals surface area contributed by atoms with E-state index >= 15 is 0 Å². The van der Waals surface area contributed by atoms with E-state index in [-0.39, 0.29) is 10.8 Å². The van der Waals surface area contributed by atoms with E-state index in [1.165, 1.54) is 18.2 Å². The second-order valence-corrected chi connectivity index (χ2v) is 7.38. The highest BCUT2D eigenvalue weighted by molar-refractivity contribution is 7.20. The lowest BCUT2D eigenvalue weighted by atomic mass is 10.1. The van der Waals surface area contributed by atoms with Crippen LogP contribution in [0.3, 0.4) is 0 Å². The van der Waals surface area contributed by atoms with Gasteiger partial charge in [-0.2, -0.15) is 0 Å². The summed E-state index contributed by atoms with van der Waals surface area (Å²) in [6.45, 7) is 1.57. The molecule has 1 N–H and O–H groups in total. The van der Waals surface area contributed by atoms with Crippen LogP contribution in [0.2, 0.25) is 0 Å². The molecule has 1 atom stereocenters. The minimum atomic E-state index is -0.830. The van der Waals surface area contributed by atoms with Crippen molar-refractivity contribution >= 4 is 33.3 Å². The number of nitrogens with one attached hydrogen (secondary N) is 1. The molecule has 0 saturated carbocycles. The van der Waals surface area contributed by atoms with Gasteiger partial charge >= 0.3 is 6.09 Å². The normalized spacial score (nSPS) is 11.8. The number of benzene rings is 3. The van der Waals surface area contributed by atoms with E-state index in [0.29, 0.717) is 21.7 Å². The Morgan fingerprint density at radius 3 is 2.50 bits per heavy atom. The van der Waals surface area contributed by atoms with Crippen molar-refractivity contribution in [2.75, 3.05) is 5.32 Å². The van der Waals surface area contributed by atoms with E-state index in [1.807, 2.05) is 6.07 Å². The smallest absolute Gasteiger partial charge is 0.419 e. The Bertz CT molecular complexity index is 1180. The third kappa shape index (κ3) is 4.38. The fourth-order valence-corrected chi connectivity index (χ4v) is 3.75. The molecule has 0 aliphatic rings. The number of aromatic nitrogens is 1. The molecule has 0 fully saturated rings. The molecule has 30 heavy (non-hydrogen) atoms. The van der Waals surface area contributed by atoms with Crippen LogP contribution >= 0.6 is 11.3 Å². The Morgan fingerprint density at radius 2 is 1.77 bits per heavy atom. The number of thiazole rings is 1. The van der Waals surface area contributed by atoms with Crippen molar-refractivity contribution in [2.24, 2.45) is 0 Å². The lowest BCUT2D eigenvalue weighted by molar-refractivity contribution is 0.214. The van der Waals surface area contributed by atoms with Gasteiger partial charge in [-0.15, -0.1) is 0 Å². The zero-order chi connectivity index (χ0) is 21.1. The van der Waals surface area contributed by atoms with Gasteiger partial charge in [0.05, 0.1) is 15.8 Å². The number of carbonyl (C=O) groups excluding carboxylic acids is 1. The number of carbonyl (C=O) groups is 1. The zero-order valence-corrected chi connectivity index (χ0v) is 16.6. The van der Waals surface area contributed by atoms with Crippen LogP contribution in [0.5, 0.6) is 10.9 Å². The van der Waals surface area contributed by atoms with Crippen LogP contribution in [0.15, 0.2) is 66.7 Å². The number of hydrogen-bond donors (Lipinski definition) is 1. The maximum Gasteiger partial charge on any atom is 0.419 e. The maximum atomic E-state index is 14.0. The molecule has 0 spiro atoms. The molecule has 0 radical (unpaired) electrons. The lowest BCUT2D eigenvalue weighted by Gasteiger charge is -2.16. The Morgan fingerprint density at radius 1 is 1.03 bits per heavy atom. The molecule has 152 valence electrons. The van der Waals surface area contributed by atoms with Gasteiger partial charge in [-0.05, 0) is 49.4 Å². The highest BCUT2D eigenvalue weighted by atomic mass is 32.1. The number of hydrogen-bond acceptors (Lipinski definition) is 5. The number of halogens is 2. The zero-order valence-electron chi connectivity index (χ0n) is 15.8. The molecule has 0 aliphatic carbocycles. The molecule has 1 unspecified atom stereocenters. The van der Waals surface area contributed by atoms with Crippen LogP contribution in [-0.2, 0) is 0 Å². The minimum absolute atomic E-state index is 0.136. The Labute approximate surface area is 174 Å². The summed E-state index contributed by atoms with van der Waals surface area (Å²) in [7, 11) is 0. The predicted molar refractivity (Wildman–Crippen MR) is 111 cm³/mol. The number of ether oxygens (including phenoxy) is 2. The average molecular weight is 426 g/mol. The van der Waals surface area contributed by atoms with Gasteiger partial charge in [-0.25, -0.2) is 18.6 Å². The molecule has 1 amide bonds. The second kappa shape index (κ2) is 8.46. The summed E-state index contributed by atoms with van der Waals surface area (Å²) in [6, 6.07) is 17.6. The molecule has 8 heteroatoms. The SMILES string of the molecule is CC(Oc1ccc2nc(OC(=O)Nc3ccccc3)sc2c1)c1c(F)cccc1F. The first-order valence-electron chi connectivity index (χ1n) is 9.04. The van der Waals surface area contributed by atoms with E-state index in [1.54, 1.807) is 49.4 Å².